The predicted octanol–water partition coefficient (Wildman–Crippen LogP) is 7.06. The van der Waals surface area contributed by atoms with Gasteiger partial charge < -0.3 is 15.0 Å². The summed E-state index contributed by atoms with van der Waals surface area (Å²) in [4.78, 5) is 26.9. The second-order valence-electron chi connectivity index (χ2n) is 9.81. The maximum absolute atomic E-state index is 13.7. The molecular formula is C30H31N3O4S. The van der Waals surface area contributed by atoms with Crippen molar-refractivity contribution in [3.63, 3.8) is 0 Å². The first-order valence-corrected chi connectivity index (χ1v) is 13.8. The Bertz CT molecular complexity index is 1300. The second kappa shape index (κ2) is 11.7. The van der Waals surface area contributed by atoms with Crippen molar-refractivity contribution >= 4 is 35.1 Å². The van der Waals surface area contributed by atoms with Gasteiger partial charge in [-0.2, -0.15) is 0 Å². The van der Waals surface area contributed by atoms with E-state index < -0.39 is 4.92 Å². The Balaban J connectivity index is 1.29. The number of hydrogen-bond donors (Lipinski definition) is 1. The molecule has 1 heterocycles. The van der Waals surface area contributed by atoms with Gasteiger partial charge in [0, 0.05) is 23.9 Å². The first-order valence-electron chi connectivity index (χ1n) is 13.0. The van der Waals surface area contributed by atoms with Crippen molar-refractivity contribution < 1.29 is 14.5 Å². The molecule has 7 nitrogen and oxygen atoms in total. The Morgan fingerprint density at radius 2 is 1.74 bits per heavy atom. The molecule has 3 aromatic rings. The normalized spacial score (nSPS) is 22.4. The zero-order chi connectivity index (χ0) is 26.5. The van der Waals surface area contributed by atoms with Crippen LogP contribution in [0.25, 0.3) is 6.08 Å². The van der Waals surface area contributed by atoms with Crippen LogP contribution in [-0.2, 0) is 11.4 Å². The van der Waals surface area contributed by atoms with Crippen LogP contribution in [-0.4, -0.2) is 27.3 Å². The lowest BCUT2D eigenvalue weighted by atomic mass is 9.85. The number of ether oxygens (including phenoxy) is 1. The van der Waals surface area contributed by atoms with Crippen LogP contribution in [0.5, 0.6) is 5.75 Å². The molecule has 8 heteroatoms. The number of amides is 1. The third-order valence-corrected chi connectivity index (χ3v) is 8.27. The largest absolute Gasteiger partial charge is 0.489 e. The van der Waals surface area contributed by atoms with Crippen molar-refractivity contribution in [3.8, 4) is 5.75 Å². The molecule has 0 bridgehead atoms. The summed E-state index contributed by atoms with van der Waals surface area (Å²) in [5.74, 6) is 1.25. The molecule has 0 radical (unpaired) electrons. The minimum Gasteiger partial charge on any atom is -0.489 e. The predicted molar refractivity (Wildman–Crippen MR) is 152 cm³/mol. The Morgan fingerprint density at radius 1 is 1.03 bits per heavy atom. The smallest absolute Gasteiger partial charge is 0.269 e. The molecule has 1 N–H and O–H groups in total. The number of nitro groups is 1. The minimum absolute atomic E-state index is 0.0585. The molecule has 2 aliphatic rings. The molecule has 1 aliphatic heterocycles. The van der Waals surface area contributed by atoms with E-state index in [9.17, 15) is 14.9 Å². The lowest BCUT2D eigenvalue weighted by molar-refractivity contribution is -0.384. The zero-order valence-electron chi connectivity index (χ0n) is 21.3. The summed E-state index contributed by atoms with van der Waals surface area (Å²) in [7, 11) is 0. The van der Waals surface area contributed by atoms with Gasteiger partial charge in [-0.05, 0) is 72.4 Å². The highest BCUT2D eigenvalue weighted by Crippen LogP contribution is 2.42. The first-order chi connectivity index (χ1) is 18.5. The fourth-order valence-corrected chi connectivity index (χ4v) is 6.27. The van der Waals surface area contributed by atoms with Crippen LogP contribution in [0.4, 0.5) is 11.4 Å². The minimum atomic E-state index is -0.417. The maximum atomic E-state index is 13.7. The van der Waals surface area contributed by atoms with Crippen molar-refractivity contribution in [2.24, 2.45) is 5.92 Å². The third-order valence-electron chi connectivity index (χ3n) is 7.15. The molecule has 1 amide bonds. The molecule has 2 fully saturated rings. The van der Waals surface area contributed by atoms with Gasteiger partial charge in [0.15, 0.2) is 5.50 Å². The van der Waals surface area contributed by atoms with Gasteiger partial charge >= 0.3 is 0 Å². The molecule has 3 atom stereocenters. The van der Waals surface area contributed by atoms with Crippen LogP contribution in [0.1, 0.15) is 43.7 Å². The van der Waals surface area contributed by atoms with Gasteiger partial charge in [-0.1, -0.05) is 61.9 Å². The number of nitrogens with zero attached hydrogens (tertiary/aromatic N) is 2. The number of para-hydroxylation sites is 1. The Morgan fingerprint density at radius 3 is 2.42 bits per heavy atom. The lowest BCUT2D eigenvalue weighted by Gasteiger charge is -2.39. The topological polar surface area (TPSA) is 84.7 Å². The number of benzene rings is 3. The number of carbonyl (C=O) groups is 1. The first kappa shape index (κ1) is 25.9. The number of anilines is 1. The highest BCUT2D eigenvalue weighted by Gasteiger charge is 2.42. The van der Waals surface area contributed by atoms with Crippen molar-refractivity contribution in [1.29, 1.82) is 0 Å². The molecule has 0 spiro atoms. The summed E-state index contributed by atoms with van der Waals surface area (Å²) in [6, 6.07) is 24.3. The third kappa shape index (κ3) is 6.02. The highest BCUT2D eigenvalue weighted by molar-refractivity contribution is 8.05. The highest BCUT2D eigenvalue weighted by atomic mass is 32.2. The molecule has 1 unspecified atom stereocenters. The van der Waals surface area contributed by atoms with Crippen LogP contribution in [0.15, 0.2) is 83.8 Å². The van der Waals surface area contributed by atoms with Gasteiger partial charge in [0.1, 0.15) is 12.4 Å². The van der Waals surface area contributed by atoms with Gasteiger partial charge in [0.05, 0.1) is 9.83 Å². The number of hydrogen-bond acceptors (Lipinski definition) is 6. The number of thioether (sulfide) groups is 1. The number of nitrogens with one attached hydrogen (secondary N) is 1. The molecule has 38 heavy (non-hydrogen) atoms. The molecule has 5 rings (SSSR count). The lowest BCUT2D eigenvalue weighted by Crippen LogP contribution is -2.48. The SMILES string of the molecule is C[C@H]1CCCC[C@H]1N1C(=O)/C(=C/c2ccc(OCc3ccc([N+](=O)[O-])cc3)cc2)SC1Nc1ccccc1. The average Bonchev–Trinajstić information content (AvgIpc) is 3.23. The fraction of sp³-hybridized carbons (Fsp3) is 0.300. The van der Waals surface area contributed by atoms with Gasteiger partial charge in [-0.15, -0.1) is 0 Å². The molecular weight excluding hydrogens is 498 g/mol. The Labute approximate surface area is 227 Å². The van der Waals surface area contributed by atoms with Crippen LogP contribution >= 0.6 is 11.8 Å². The summed E-state index contributed by atoms with van der Waals surface area (Å²) >= 11 is 1.57. The summed E-state index contributed by atoms with van der Waals surface area (Å²) < 4.78 is 5.85. The second-order valence-corrected chi connectivity index (χ2v) is 10.9. The fourth-order valence-electron chi connectivity index (χ4n) is 5.06. The summed E-state index contributed by atoms with van der Waals surface area (Å²) in [6.07, 6.45) is 6.53. The monoisotopic (exact) mass is 529 g/mol. The van der Waals surface area contributed by atoms with Crippen LogP contribution in [0.3, 0.4) is 0 Å². The van der Waals surface area contributed by atoms with Crippen molar-refractivity contribution in [1.82, 2.24) is 4.90 Å². The number of carbonyl (C=O) groups excluding carboxylic acids is 1. The molecule has 1 aliphatic carbocycles. The summed E-state index contributed by atoms with van der Waals surface area (Å²) in [5, 5.41) is 14.4. The zero-order valence-corrected chi connectivity index (χ0v) is 22.1. The van der Waals surface area contributed by atoms with Gasteiger partial charge in [-0.3, -0.25) is 14.9 Å². The van der Waals surface area contributed by atoms with E-state index in [1.807, 2.05) is 60.7 Å². The quantitative estimate of drug-likeness (QED) is 0.191. The number of nitro benzene ring substituents is 1. The van der Waals surface area contributed by atoms with Gasteiger partial charge in [0.2, 0.25) is 0 Å². The van der Waals surface area contributed by atoms with E-state index in [-0.39, 0.29) is 23.1 Å². The standard InChI is InChI=1S/C30H31N3O4S/c1-21-7-5-6-10-27(21)32-29(34)28(38-30(32)31-24-8-3-2-4-9-24)19-22-13-17-26(18-14-22)37-20-23-11-15-25(16-12-23)33(35)36/h2-4,8-9,11-19,21,27,30-31H,5-7,10,20H2,1H3/b28-19-/t21-,27+,30?/m0/s1. The van der Waals surface area contributed by atoms with E-state index in [2.05, 4.69) is 17.1 Å². The summed E-state index contributed by atoms with van der Waals surface area (Å²) in [6.45, 7) is 2.58. The van der Waals surface area contributed by atoms with Crippen LogP contribution < -0.4 is 10.1 Å². The molecule has 196 valence electrons. The van der Waals surface area contributed by atoms with E-state index in [4.69, 9.17) is 4.74 Å². The van der Waals surface area contributed by atoms with Gasteiger partial charge in [0.25, 0.3) is 11.6 Å². The number of rotatable bonds is 8. The molecule has 0 aromatic heterocycles. The van der Waals surface area contributed by atoms with E-state index >= 15 is 0 Å². The van der Waals surface area contributed by atoms with Crippen LogP contribution in [0.2, 0.25) is 0 Å². The van der Waals surface area contributed by atoms with Crippen molar-refractivity contribution in [2.75, 3.05) is 5.32 Å². The molecule has 1 saturated carbocycles. The average molecular weight is 530 g/mol. The van der Waals surface area contributed by atoms with Crippen LogP contribution in [0, 0.1) is 16.0 Å². The molecule has 3 aromatic carbocycles. The van der Waals surface area contributed by atoms with Crippen molar-refractivity contribution in [3.05, 3.63) is 105 Å². The van der Waals surface area contributed by atoms with E-state index in [0.29, 0.717) is 18.3 Å². The number of non-ortho nitro benzene ring substituents is 1. The summed E-state index contributed by atoms with van der Waals surface area (Å²) in [5.41, 5.74) is 2.69. The molecule has 1 saturated heterocycles. The Hall–Kier alpha value is -3.78. The van der Waals surface area contributed by atoms with E-state index in [0.717, 1.165) is 41.0 Å². The van der Waals surface area contributed by atoms with E-state index in [1.165, 1.54) is 18.6 Å². The maximum Gasteiger partial charge on any atom is 0.269 e. The van der Waals surface area contributed by atoms with Crippen molar-refractivity contribution in [2.45, 2.75) is 50.8 Å². The van der Waals surface area contributed by atoms with Gasteiger partial charge in [-0.25, -0.2) is 0 Å². The van der Waals surface area contributed by atoms with E-state index in [1.54, 1.807) is 23.9 Å². The Kier molecular flexibility index (Phi) is 7.98.